The summed E-state index contributed by atoms with van der Waals surface area (Å²) in [6, 6.07) is 35.5. The summed E-state index contributed by atoms with van der Waals surface area (Å²) in [4.78, 5) is 99.0. The lowest BCUT2D eigenvalue weighted by molar-refractivity contribution is -0.305. The predicted octanol–water partition coefficient (Wildman–Crippen LogP) is 11.5. The number of anilines is 7. The van der Waals surface area contributed by atoms with Gasteiger partial charge in [0.2, 0.25) is 0 Å². The van der Waals surface area contributed by atoms with E-state index in [4.69, 9.17) is 177 Å². The highest BCUT2D eigenvalue weighted by Crippen LogP contribution is 2.39. The molecule has 3 saturated heterocycles. The van der Waals surface area contributed by atoms with E-state index in [-0.39, 0.29) is 51.3 Å². The minimum absolute atomic E-state index is 0.130. The molecule has 1 saturated carbocycles. The molecule has 4 aliphatic rings. The van der Waals surface area contributed by atoms with Crippen LogP contribution in [0.3, 0.4) is 0 Å². The van der Waals surface area contributed by atoms with Crippen LogP contribution in [0.15, 0.2) is 170 Å². The maximum atomic E-state index is 14.8. The maximum absolute atomic E-state index is 14.8. The molecule has 7 amide bonds. The number of ether oxygens (including phenoxy) is 13. The Balaban J connectivity index is 0.977. The number of halogens is 7. The lowest BCUT2D eigenvalue weighted by atomic mass is 9.84. The van der Waals surface area contributed by atoms with E-state index in [1.54, 1.807) is 0 Å². The van der Waals surface area contributed by atoms with Crippen LogP contribution in [0.25, 0.3) is 0 Å². The molecule has 3 heterocycles. The van der Waals surface area contributed by atoms with E-state index in [0.717, 1.165) is 0 Å². The molecule has 40 heteroatoms. The maximum Gasteiger partial charge on any atom is 0.412 e. The molecular formula is C72H74Cl7N13O20. The third kappa shape index (κ3) is 22.9. The number of carbonyl (C=O) groups is 7. The van der Waals surface area contributed by atoms with Crippen molar-refractivity contribution in [3.8, 4) is 0 Å². The van der Waals surface area contributed by atoms with Gasteiger partial charge in [-0.3, -0.25) is 37.2 Å². The molecule has 112 heavy (non-hydrogen) atoms. The summed E-state index contributed by atoms with van der Waals surface area (Å²) in [5, 5.41) is 20.4. The minimum Gasteiger partial charge on any atom is -0.446 e. The van der Waals surface area contributed by atoms with Gasteiger partial charge in [0.1, 0.15) is 49.3 Å². The lowest BCUT2D eigenvalue weighted by Gasteiger charge is -2.48. The van der Waals surface area contributed by atoms with Gasteiger partial charge in [0.25, 0.3) is 0 Å². The molecule has 0 bridgehead atoms. The van der Waals surface area contributed by atoms with Crippen molar-refractivity contribution in [2.45, 2.75) is 123 Å². The Labute approximate surface area is 673 Å². The van der Waals surface area contributed by atoms with Gasteiger partial charge in [-0.15, -0.1) is 0 Å². The molecule has 1 aliphatic carbocycles. The number of nitrogens with two attached hydrogens (primary N) is 6. The number of rotatable bonds is 23. The van der Waals surface area contributed by atoms with Gasteiger partial charge in [-0.1, -0.05) is 81.2 Å². The van der Waals surface area contributed by atoms with Crippen molar-refractivity contribution in [2.75, 3.05) is 56.9 Å². The minimum atomic E-state index is -2.08. The number of hydrogen-bond donors (Lipinski definition) is 13. The molecule has 0 unspecified atom stereocenters. The Bertz CT molecular complexity index is 4360. The first-order valence-electron chi connectivity index (χ1n) is 34.2. The van der Waals surface area contributed by atoms with Crippen molar-refractivity contribution < 1.29 is 95.1 Å². The van der Waals surface area contributed by atoms with Gasteiger partial charge in [0, 0.05) is 100 Å². The molecule has 11 rings (SSSR count). The third-order valence-electron chi connectivity index (χ3n) is 17.5. The monoisotopic (exact) mass is 1690 g/mol. The topological polar surface area (TPSA) is 480 Å². The van der Waals surface area contributed by atoms with Gasteiger partial charge >= 0.3 is 42.7 Å². The summed E-state index contributed by atoms with van der Waals surface area (Å²) in [5.41, 5.74) is 42.6. The van der Waals surface area contributed by atoms with Crippen LogP contribution < -0.4 is 71.6 Å². The molecule has 7 aromatic rings. The van der Waals surface area contributed by atoms with Crippen LogP contribution in [0.2, 0.25) is 35.2 Å². The fourth-order valence-corrected chi connectivity index (χ4v) is 13.0. The molecule has 0 spiro atoms. The Morgan fingerprint density at radius 3 is 0.839 bits per heavy atom. The number of nitrogens with one attached hydrogen (secondary N) is 7. The van der Waals surface area contributed by atoms with Gasteiger partial charge in [-0.2, -0.15) is 0 Å². The highest BCUT2D eigenvalue weighted by molar-refractivity contribution is 6.32. The Morgan fingerprint density at radius 1 is 0.295 bits per heavy atom. The molecule has 0 aromatic heterocycles. The van der Waals surface area contributed by atoms with Crippen LogP contribution in [-0.2, 0) is 61.6 Å². The van der Waals surface area contributed by atoms with Crippen molar-refractivity contribution in [2.24, 2.45) is 34.4 Å². The lowest BCUT2D eigenvalue weighted by Crippen LogP contribution is -2.69. The fraction of sp³-hybridized carbons (Fsp3) is 0.319. The summed E-state index contributed by atoms with van der Waals surface area (Å²) >= 11 is 43.2. The molecule has 19 N–H and O–H groups in total. The van der Waals surface area contributed by atoms with E-state index in [0.29, 0.717) is 30.1 Å². The average Bonchev–Trinajstić information content (AvgIpc) is 1.48. The second-order valence-corrected chi connectivity index (χ2v) is 28.4. The average molecular weight is 1690 g/mol. The van der Waals surface area contributed by atoms with E-state index in [1.165, 1.54) is 170 Å². The quantitative estimate of drug-likeness (QED) is 0.0265. The molecule has 0 radical (unpaired) electrons. The van der Waals surface area contributed by atoms with Crippen LogP contribution in [-0.4, -0.2) is 179 Å². The number of benzene rings is 7. The molecule has 7 aromatic carbocycles. The van der Waals surface area contributed by atoms with Gasteiger partial charge in [0.05, 0.1) is 12.1 Å². The first-order valence-corrected chi connectivity index (χ1v) is 36.8. The Hall–Kier alpha value is -9.02. The van der Waals surface area contributed by atoms with Crippen molar-refractivity contribution in [1.29, 1.82) is 0 Å². The second-order valence-electron chi connectivity index (χ2n) is 25.4. The molecule has 3 aliphatic heterocycles. The SMILES string of the molecule is NC[C@@H]1O[C@H](O[C@H]2[C@@H](OC(=O)Nc3ccc(Cl)cc3)[C@@H](O[C@@H]3[C@@H](OC(=O)Nc4ccc(Cl)cc4)[C@H](N)C[C@H](N)[C@H]3O[C@H]3O[C@H](CN)[C@@H](OC(=O)Nc4ccc(Cl)cc4)[C@H](OC(=O)Nc4ccc(Cl)cc4)[C@H]3N)O[C@@H]2COC(=O)Nc2ccc(Cl)cc2)[C@H](N)[C@@H](OC(=O)Nc2ccc(Cl)cc2)[C@@H]1OC(=O)Nc1ccc(Cl)cc1. The van der Waals surface area contributed by atoms with E-state index >= 15 is 0 Å². The highest BCUT2D eigenvalue weighted by atomic mass is 35.5. The van der Waals surface area contributed by atoms with Gasteiger partial charge < -0.3 is 96.0 Å². The zero-order valence-corrected chi connectivity index (χ0v) is 63.5. The van der Waals surface area contributed by atoms with Crippen molar-refractivity contribution >= 4 is 164 Å². The molecule has 596 valence electrons. The zero-order valence-electron chi connectivity index (χ0n) is 58.2. The Kier molecular flexibility index (Phi) is 29.3. The summed E-state index contributed by atoms with van der Waals surface area (Å²) in [6.07, 6.45) is -34.5. The first-order chi connectivity index (χ1) is 53.7. The van der Waals surface area contributed by atoms with Crippen molar-refractivity contribution in [3.05, 3.63) is 205 Å². The standard InChI is InChI=1S/C72H74Cl7N13O20/c73-33-1-15-40(16-2-33)86-66(93)100-32-51-58(105-64-53(85)60(111-71(98)91-45-25-11-38(78)12-26-45)57(50(31-81)102-64)109-69(96)89-43-21-7-36(76)8-22-43)62(112-72(99)92-46-27-13-39(79)14-28-46)65(103-51)106-61-54(47(82)29-48(83)55(61)107-67(94)87-41-17-3-34(74)4-18-41)104-63-52(84)59(110-70(97)90-44-23-9-37(77)10-24-44)56(49(30-80)101-63)108-68(95)88-42-19-5-35(75)6-20-42/h1-28,47-65H,29-32,80-85H2,(H,86,93)(H,87,94)(H,88,95)(H,89,96)(H,90,97)(H,91,98)(H,92,99)/t47-,48+,49+,50-,51+,52+,53+,54+,55-,56+,57+,58+,59+,60+,61-,62+,63+,64+,65+/m0/s1. The molecular weight excluding hydrogens is 1620 g/mol. The van der Waals surface area contributed by atoms with Gasteiger partial charge in [0.15, 0.2) is 49.4 Å². The normalized spacial score (nSPS) is 26.7. The van der Waals surface area contributed by atoms with Crippen LogP contribution in [0.5, 0.6) is 0 Å². The summed E-state index contributed by atoms with van der Waals surface area (Å²) in [6.45, 7) is -1.82. The van der Waals surface area contributed by atoms with E-state index < -0.39 is 179 Å². The first kappa shape index (κ1) is 83.9. The molecule has 33 nitrogen and oxygen atoms in total. The fourth-order valence-electron chi connectivity index (χ4n) is 12.2. The van der Waals surface area contributed by atoms with Crippen molar-refractivity contribution in [1.82, 2.24) is 0 Å². The van der Waals surface area contributed by atoms with Crippen LogP contribution in [0.4, 0.5) is 73.4 Å². The smallest absolute Gasteiger partial charge is 0.412 e. The van der Waals surface area contributed by atoms with E-state index in [1.807, 2.05) is 0 Å². The van der Waals surface area contributed by atoms with Crippen molar-refractivity contribution in [3.63, 3.8) is 0 Å². The van der Waals surface area contributed by atoms with Crippen LogP contribution in [0.1, 0.15) is 6.42 Å². The second kappa shape index (κ2) is 39.1. The zero-order chi connectivity index (χ0) is 79.9. The van der Waals surface area contributed by atoms with Gasteiger partial charge in [-0.25, -0.2) is 33.6 Å². The van der Waals surface area contributed by atoms with E-state index in [2.05, 4.69) is 37.2 Å². The van der Waals surface area contributed by atoms with E-state index in [9.17, 15) is 33.6 Å². The largest absolute Gasteiger partial charge is 0.446 e. The summed E-state index contributed by atoms with van der Waals surface area (Å²) in [7, 11) is 0. The number of hydrogen-bond acceptors (Lipinski definition) is 26. The van der Waals surface area contributed by atoms with Crippen LogP contribution in [0, 0.1) is 0 Å². The summed E-state index contributed by atoms with van der Waals surface area (Å²) < 4.78 is 82.7. The number of carbonyl (C=O) groups excluding carboxylic acids is 7. The summed E-state index contributed by atoms with van der Waals surface area (Å²) in [5.74, 6) is 0. The predicted molar refractivity (Wildman–Crippen MR) is 414 cm³/mol. The number of amides is 7. The third-order valence-corrected chi connectivity index (χ3v) is 19.3. The molecule has 4 fully saturated rings. The van der Waals surface area contributed by atoms with Crippen LogP contribution >= 0.6 is 81.2 Å². The Morgan fingerprint density at radius 2 is 0.536 bits per heavy atom. The molecule has 19 atom stereocenters. The van der Waals surface area contributed by atoms with Gasteiger partial charge in [-0.05, 0) is 176 Å². The highest BCUT2D eigenvalue weighted by Gasteiger charge is 2.59.